The van der Waals surface area contributed by atoms with Crippen LogP contribution in [0.1, 0.15) is 25.3 Å². The molecule has 1 rings (SSSR count). The zero-order chi connectivity index (χ0) is 9.68. The first-order valence-electron chi connectivity index (χ1n) is 4.63. The van der Waals surface area contributed by atoms with Crippen LogP contribution in [0.3, 0.4) is 0 Å². The van der Waals surface area contributed by atoms with Gasteiger partial charge in [0, 0.05) is 5.02 Å². The molecule has 0 aliphatic heterocycles. The van der Waals surface area contributed by atoms with Gasteiger partial charge < -0.3 is 4.74 Å². The number of unbranched alkanes of at least 4 members (excludes halogenated alkanes) is 1. The van der Waals surface area contributed by atoms with E-state index in [0.29, 0.717) is 0 Å². The molecule has 0 amide bonds. The van der Waals surface area contributed by atoms with Crippen LogP contribution in [0.4, 0.5) is 0 Å². The summed E-state index contributed by atoms with van der Waals surface area (Å²) in [5, 5.41) is 0.733. The van der Waals surface area contributed by atoms with Gasteiger partial charge in [0.1, 0.15) is 5.75 Å². The molecule has 13 heavy (non-hydrogen) atoms. The maximum Gasteiger partial charge on any atom is 0.123 e. The van der Waals surface area contributed by atoms with Crippen molar-refractivity contribution in [3.63, 3.8) is 0 Å². The molecule has 0 saturated carbocycles. The van der Waals surface area contributed by atoms with Crippen molar-refractivity contribution in [3.05, 3.63) is 28.8 Å². The molecule has 0 aliphatic rings. The molecule has 0 heterocycles. The first-order chi connectivity index (χ1) is 6.24. The molecule has 1 nitrogen and oxygen atoms in total. The summed E-state index contributed by atoms with van der Waals surface area (Å²) in [6, 6.07) is 5.72. The Morgan fingerprint density at radius 1 is 1.38 bits per heavy atom. The van der Waals surface area contributed by atoms with Crippen molar-refractivity contribution in [2.24, 2.45) is 0 Å². The van der Waals surface area contributed by atoms with Crippen molar-refractivity contribution in [2.75, 3.05) is 6.61 Å². The van der Waals surface area contributed by atoms with E-state index in [-0.39, 0.29) is 0 Å². The standard InChI is InChI=1S/C11H15ClO/c1-3-4-7-13-11-8-10(12)6-5-9(11)2/h5-6,8H,3-4,7H2,1-2H3. The van der Waals surface area contributed by atoms with Gasteiger partial charge in [0.25, 0.3) is 0 Å². The number of aryl methyl sites for hydroxylation is 1. The lowest BCUT2D eigenvalue weighted by Crippen LogP contribution is -1.97. The van der Waals surface area contributed by atoms with Gasteiger partial charge in [-0.3, -0.25) is 0 Å². The third-order valence-corrected chi connectivity index (χ3v) is 2.14. The third kappa shape index (κ3) is 3.27. The zero-order valence-corrected chi connectivity index (χ0v) is 8.90. The van der Waals surface area contributed by atoms with Gasteiger partial charge >= 0.3 is 0 Å². The molecule has 0 aliphatic carbocycles. The summed E-state index contributed by atoms with van der Waals surface area (Å²) in [7, 11) is 0. The van der Waals surface area contributed by atoms with E-state index in [9.17, 15) is 0 Å². The monoisotopic (exact) mass is 198 g/mol. The second-order valence-electron chi connectivity index (χ2n) is 3.11. The fourth-order valence-corrected chi connectivity index (χ4v) is 1.22. The Balaban J connectivity index is 2.59. The number of hydrogen-bond acceptors (Lipinski definition) is 1. The summed E-state index contributed by atoms with van der Waals surface area (Å²) in [6.07, 6.45) is 2.24. The van der Waals surface area contributed by atoms with Crippen molar-refractivity contribution in [1.82, 2.24) is 0 Å². The Morgan fingerprint density at radius 2 is 2.15 bits per heavy atom. The van der Waals surface area contributed by atoms with E-state index < -0.39 is 0 Å². The van der Waals surface area contributed by atoms with Crippen LogP contribution in [0.2, 0.25) is 5.02 Å². The highest BCUT2D eigenvalue weighted by molar-refractivity contribution is 6.30. The molecule has 2 heteroatoms. The zero-order valence-electron chi connectivity index (χ0n) is 8.14. The van der Waals surface area contributed by atoms with E-state index >= 15 is 0 Å². The highest BCUT2D eigenvalue weighted by Crippen LogP contribution is 2.22. The number of rotatable bonds is 4. The second-order valence-corrected chi connectivity index (χ2v) is 3.55. The maximum absolute atomic E-state index is 5.85. The summed E-state index contributed by atoms with van der Waals surface area (Å²) in [4.78, 5) is 0. The summed E-state index contributed by atoms with van der Waals surface area (Å²) >= 11 is 5.85. The summed E-state index contributed by atoms with van der Waals surface area (Å²) in [5.41, 5.74) is 1.14. The van der Waals surface area contributed by atoms with Gasteiger partial charge in [0.2, 0.25) is 0 Å². The molecule has 1 aromatic carbocycles. The van der Waals surface area contributed by atoms with Gasteiger partial charge in [-0.05, 0) is 31.0 Å². The average molecular weight is 199 g/mol. The number of ether oxygens (including phenoxy) is 1. The first kappa shape index (κ1) is 10.4. The van der Waals surface area contributed by atoms with E-state index in [4.69, 9.17) is 16.3 Å². The second kappa shape index (κ2) is 5.13. The fourth-order valence-electron chi connectivity index (χ4n) is 1.06. The van der Waals surface area contributed by atoms with Crippen molar-refractivity contribution in [1.29, 1.82) is 0 Å². The number of benzene rings is 1. The molecule has 0 spiro atoms. The third-order valence-electron chi connectivity index (χ3n) is 1.91. The van der Waals surface area contributed by atoms with E-state index in [1.807, 2.05) is 25.1 Å². The fraction of sp³-hybridized carbons (Fsp3) is 0.455. The van der Waals surface area contributed by atoms with Gasteiger partial charge in [0.05, 0.1) is 6.61 Å². The molecule has 0 aromatic heterocycles. The number of hydrogen-bond donors (Lipinski definition) is 0. The van der Waals surface area contributed by atoms with Crippen LogP contribution in [0, 0.1) is 6.92 Å². The van der Waals surface area contributed by atoms with Crippen LogP contribution < -0.4 is 4.74 Å². The highest BCUT2D eigenvalue weighted by atomic mass is 35.5. The van der Waals surface area contributed by atoms with Crippen molar-refractivity contribution in [3.8, 4) is 5.75 Å². The van der Waals surface area contributed by atoms with Crippen LogP contribution >= 0.6 is 11.6 Å². The van der Waals surface area contributed by atoms with Gasteiger partial charge in [-0.1, -0.05) is 31.0 Å². The Hall–Kier alpha value is -0.690. The average Bonchev–Trinajstić information content (AvgIpc) is 2.11. The van der Waals surface area contributed by atoms with Crippen molar-refractivity contribution in [2.45, 2.75) is 26.7 Å². The normalized spacial score (nSPS) is 10.1. The van der Waals surface area contributed by atoms with Crippen LogP contribution in [0.25, 0.3) is 0 Å². The van der Waals surface area contributed by atoms with Crippen molar-refractivity contribution < 1.29 is 4.74 Å². The largest absolute Gasteiger partial charge is 0.493 e. The summed E-state index contributed by atoms with van der Waals surface area (Å²) in [6.45, 7) is 4.95. The molecule has 0 unspecified atom stereocenters. The van der Waals surface area contributed by atoms with E-state index in [1.54, 1.807) is 0 Å². The minimum absolute atomic E-state index is 0.733. The number of halogens is 1. The van der Waals surface area contributed by atoms with Crippen molar-refractivity contribution >= 4 is 11.6 Å². The van der Waals surface area contributed by atoms with Crippen LogP contribution in [-0.4, -0.2) is 6.61 Å². The molecular weight excluding hydrogens is 184 g/mol. The maximum atomic E-state index is 5.85. The topological polar surface area (TPSA) is 9.23 Å². The Morgan fingerprint density at radius 3 is 2.85 bits per heavy atom. The van der Waals surface area contributed by atoms with Gasteiger partial charge in [-0.25, -0.2) is 0 Å². The van der Waals surface area contributed by atoms with Gasteiger partial charge in [-0.2, -0.15) is 0 Å². The SMILES string of the molecule is CCCCOc1cc(Cl)ccc1C. The van der Waals surface area contributed by atoms with E-state index in [0.717, 1.165) is 35.8 Å². The Labute approximate surface area is 84.7 Å². The Kier molecular flexibility index (Phi) is 4.10. The lowest BCUT2D eigenvalue weighted by Gasteiger charge is -2.08. The minimum Gasteiger partial charge on any atom is -0.493 e. The van der Waals surface area contributed by atoms with Gasteiger partial charge in [-0.15, -0.1) is 0 Å². The highest BCUT2D eigenvalue weighted by Gasteiger charge is 1.99. The van der Waals surface area contributed by atoms with E-state index in [2.05, 4.69) is 6.92 Å². The molecule has 0 atom stereocenters. The summed E-state index contributed by atoms with van der Waals surface area (Å²) in [5.74, 6) is 0.904. The van der Waals surface area contributed by atoms with Gasteiger partial charge in [0.15, 0.2) is 0 Å². The molecular formula is C11H15ClO. The molecule has 0 N–H and O–H groups in total. The molecule has 0 fully saturated rings. The predicted octanol–water partition coefficient (Wildman–Crippen LogP) is 3.83. The summed E-state index contributed by atoms with van der Waals surface area (Å²) < 4.78 is 5.57. The lowest BCUT2D eigenvalue weighted by molar-refractivity contribution is 0.307. The van der Waals surface area contributed by atoms with Crippen LogP contribution in [0.15, 0.2) is 18.2 Å². The lowest BCUT2D eigenvalue weighted by atomic mass is 10.2. The molecule has 0 bridgehead atoms. The predicted molar refractivity (Wildman–Crippen MR) is 56.6 cm³/mol. The molecule has 72 valence electrons. The van der Waals surface area contributed by atoms with Crippen LogP contribution in [0.5, 0.6) is 5.75 Å². The smallest absolute Gasteiger partial charge is 0.123 e. The molecule has 1 aromatic rings. The first-order valence-corrected chi connectivity index (χ1v) is 5.00. The molecule has 0 radical (unpaired) electrons. The van der Waals surface area contributed by atoms with E-state index in [1.165, 1.54) is 0 Å². The minimum atomic E-state index is 0.733. The Bertz CT molecular complexity index is 271. The molecule has 0 saturated heterocycles. The quantitative estimate of drug-likeness (QED) is 0.669. The van der Waals surface area contributed by atoms with Crippen LogP contribution in [-0.2, 0) is 0 Å².